The number of benzene rings is 2. The van der Waals surface area contributed by atoms with Crippen molar-refractivity contribution in [2.24, 2.45) is 0 Å². The quantitative estimate of drug-likeness (QED) is 0.517. The van der Waals surface area contributed by atoms with Crippen LogP contribution in [0.25, 0.3) is 0 Å². The molecule has 136 valence electrons. The fourth-order valence-corrected chi connectivity index (χ4v) is 3.15. The van der Waals surface area contributed by atoms with E-state index in [1.807, 2.05) is 12.1 Å². The Labute approximate surface area is 152 Å². The second-order valence-electron chi connectivity index (χ2n) is 6.53. The lowest BCUT2D eigenvalue weighted by atomic mass is 10.1. The van der Waals surface area contributed by atoms with Gasteiger partial charge in [0, 0.05) is 44.4 Å². The molecule has 0 aliphatic carbocycles. The van der Waals surface area contributed by atoms with Crippen LogP contribution in [0.2, 0.25) is 0 Å². The molecule has 0 unspecified atom stereocenters. The number of nitrogens with two attached hydrogens (primary N) is 1. The van der Waals surface area contributed by atoms with E-state index in [4.69, 9.17) is 5.73 Å². The minimum atomic E-state index is -0.563. The fourth-order valence-electron chi connectivity index (χ4n) is 3.15. The lowest BCUT2D eigenvalue weighted by Crippen LogP contribution is -2.48. The zero-order valence-corrected chi connectivity index (χ0v) is 14.7. The van der Waals surface area contributed by atoms with Gasteiger partial charge in [-0.2, -0.15) is 0 Å². The van der Waals surface area contributed by atoms with Crippen LogP contribution in [0.4, 0.5) is 11.4 Å². The number of carbonyl (C=O) groups is 1. The number of nitro groups is 1. The third-order valence-electron chi connectivity index (χ3n) is 4.79. The van der Waals surface area contributed by atoms with Crippen LogP contribution in [0.3, 0.4) is 0 Å². The van der Waals surface area contributed by atoms with E-state index in [9.17, 15) is 14.9 Å². The summed E-state index contributed by atoms with van der Waals surface area (Å²) < 4.78 is 0. The van der Waals surface area contributed by atoms with Crippen LogP contribution in [-0.2, 0) is 6.54 Å². The predicted molar refractivity (Wildman–Crippen MR) is 99.9 cm³/mol. The molecule has 0 spiro atoms. The Morgan fingerprint density at radius 1 is 1.15 bits per heavy atom. The van der Waals surface area contributed by atoms with Crippen molar-refractivity contribution in [1.82, 2.24) is 9.80 Å². The molecule has 26 heavy (non-hydrogen) atoms. The molecule has 2 aromatic rings. The molecule has 1 heterocycles. The highest BCUT2D eigenvalue weighted by Gasteiger charge is 2.24. The van der Waals surface area contributed by atoms with E-state index in [2.05, 4.69) is 24.0 Å². The van der Waals surface area contributed by atoms with Crippen molar-refractivity contribution in [1.29, 1.82) is 0 Å². The Morgan fingerprint density at radius 3 is 2.50 bits per heavy atom. The highest BCUT2D eigenvalue weighted by molar-refractivity contribution is 5.95. The number of nitro benzene ring substituents is 1. The number of carbonyl (C=O) groups excluding carboxylic acids is 1. The summed E-state index contributed by atoms with van der Waals surface area (Å²) in [7, 11) is 0. The van der Waals surface area contributed by atoms with Gasteiger partial charge >= 0.3 is 0 Å². The molecule has 1 fully saturated rings. The number of rotatable bonds is 4. The van der Waals surface area contributed by atoms with Crippen LogP contribution in [-0.4, -0.2) is 46.8 Å². The Hall–Kier alpha value is -2.93. The first-order valence-electron chi connectivity index (χ1n) is 8.56. The fraction of sp³-hybridized carbons (Fsp3) is 0.316. The first-order valence-corrected chi connectivity index (χ1v) is 8.56. The standard InChI is InChI=1S/C19H22N4O3/c1-14-4-2-3-5-16(14)13-21-8-10-22(11-9-21)19(24)15-6-7-17(20)18(12-15)23(25)26/h2-7,12H,8-11,13,20H2,1H3. The lowest BCUT2D eigenvalue weighted by Gasteiger charge is -2.35. The Bertz CT molecular complexity index is 829. The summed E-state index contributed by atoms with van der Waals surface area (Å²) in [5.41, 5.74) is 8.30. The average Bonchev–Trinajstić information content (AvgIpc) is 2.64. The van der Waals surface area contributed by atoms with Crippen molar-refractivity contribution in [3.05, 3.63) is 69.3 Å². The molecule has 1 aliphatic heterocycles. The normalized spacial score (nSPS) is 15.0. The van der Waals surface area contributed by atoms with E-state index in [0.717, 1.165) is 19.6 Å². The van der Waals surface area contributed by atoms with Gasteiger partial charge in [0.1, 0.15) is 5.69 Å². The minimum Gasteiger partial charge on any atom is -0.393 e. The molecule has 0 radical (unpaired) electrons. The summed E-state index contributed by atoms with van der Waals surface area (Å²) >= 11 is 0. The molecule has 7 nitrogen and oxygen atoms in total. The molecule has 7 heteroatoms. The Morgan fingerprint density at radius 2 is 1.85 bits per heavy atom. The van der Waals surface area contributed by atoms with Gasteiger partial charge in [-0.15, -0.1) is 0 Å². The van der Waals surface area contributed by atoms with Crippen molar-refractivity contribution in [2.75, 3.05) is 31.9 Å². The predicted octanol–water partition coefficient (Wildman–Crippen LogP) is 2.44. The topological polar surface area (TPSA) is 92.7 Å². The van der Waals surface area contributed by atoms with E-state index < -0.39 is 4.92 Å². The molecular weight excluding hydrogens is 332 g/mol. The molecule has 2 aromatic carbocycles. The van der Waals surface area contributed by atoms with Crippen molar-refractivity contribution in [2.45, 2.75) is 13.5 Å². The average molecular weight is 354 g/mol. The van der Waals surface area contributed by atoms with Crippen LogP contribution < -0.4 is 5.73 Å². The summed E-state index contributed by atoms with van der Waals surface area (Å²) in [6.45, 7) is 5.71. The molecule has 3 rings (SSSR count). The summed E-state index contributed by atoms with van der Waals surface area (Å²) in [5, 5.41) is 11.0. The maximum Gasteiger partial charge on any atom is 0.292 e. The molecule has 1 aliphatic rings. The van der Waals surface area contributed by atoms with Crippen LogP contribution in [0, 0.1) is 17.0 Å². The van der Waals surface area contributed by atoms with Crippen LogP contribution >= 0.6 is 0 Å². The molecular formula is C19H22N4O3. The summed E-state index contributed by atoms with van der Waals surface area (Å²) in [6.07, 6.45) is 0. The van der Waals surface area contributed by atoms with Gasteiger partial charge in [0.2, 0.25) is 0 Å². The van der Waals surface area contributed by atoms with E-state index in [1.54, 1.807) is 11.0 Å². The summed E-state index contributed by atoms with van der Waals surface area (Å²) in [6, 6.07) is 12.5. The third-order valence-corrected chi connectivity index (χ3v) is 4.79. The van der Waals surface area contributed by atoms with Gasteiger partial charge in [-0.1, -0.05) is 24.3 Å². The van der Waals surface area contributed by atoms with Gasteiger partial charge in [-0.3, -0.25) is 19.8 Å². The van der Waals surface area contributed by atoms with Gasteiger partial charge in [0.25, 0.3) is 11.6 Å². The highest BCUT2D eigenvalue weighted by Crippen LogP contribution is 2.23. The lowest BCUT2D eigenvalue weighted by molar-refractivity contribution is -0.383. The number of hydrogen-bond donors (Lipinski definition) is 1. The summed E-state index contributed by atoms with van der Waals surface area (Å²) in [5.74, 6) is -0.191. The Kier molecular flexibility index (Phi) is 5.18. The first-order chi connectivity index (χ1) is 12.5. The first kappa shape index (κ1) is 17.9. The summed E-state index contributed by atoms with van der Waals surface area (Å²) in [4.78, 5) is 27.2. The largest absolute Gasteiger partial charge is 0.393 e. The molecule has 2 N–H and O–H groups in total. The van der Waals surface area contributed by atoms with Gasteiger partial charge in [0.15, 0.2) is 0 Å². The molecule has 0 aromatic heterocycles. The SMILES string of the molecule is Cc1ccccc1CN1CCN(C(=O)c2ccc(N)c([N+](=O)[O-])c2)CC1. The van der Waals surface area contributed by atoms with Gasteiger partial charge in [-0.05, 0) is 30.2 Å². The maximum atomic E-state index is 12.6. The van der Waals surface area contributed by atoms with Gasteiger partial charge in [0.05, 0.1) is 4.92 Å². The van der Waals surface area contributed by atoms with Crippen molar-refractivity contribution < 1.29 is 9.72 Å². The van der Waals surface area contributed by atoms with Crippen molar-refractivity contribution in [3.63, 3.8) is 0 Å². The highest BCUT2D eigenvalue weighted by atomic mass is 16.6. The van der Waals surface area contributed by atoms with Gasteiger partial charge < -0.3 is 10.6 Å². The second kappa shape index (κ2) is 7.53. The molecule has 0 saturated carbocycles. The molecule has 1 amide bonds. The zero-order chi connectivity index (χ0) is 18.7. The molecule has 1 saturated heterocycles. The number of anilines is 1. The van der Waals surface area contributed by atoms with E-state index in [1.165, 1.54) is 23.3 Å². The van der Waals surface area contributed by atoms with Crippen molar-refractivity contribution in [3.8, 4) is 0 Å². The molecule has 0 bridgehead atoms. The van der Waals surface area contributed by atoms with Crippen LogP contribution in [0.5, 0.6) is 0 Å². The number of piperazine rings is 1. The zero-order valence-electron chi connectivity index (χ0n) is 14.7. The minimum absolute atomic E-state index is 0.0644. The second-order valence-corrected chi connectivity index (χ2v) is 6.53. The number of nitrogen functional groups attached to an aromatic ring is 1. The van der Waals surface area contributed by atoms with E-state index >= 15 is 0 Å². The third kappa shape index (κ3) is 3.83. The number of nitrogens with zero attached hydrogens (tertiary/aromatic N) is 3. The van der Waals surface area contributed by atoms with Crippen molar-refractivity contribution >= 4 is 17.3 Å². The van der Waals surface area contributed by atoms with Crippen LogP contribution in [0.15, 0.2) is 42.5 Å². The Balaban J connectivity index is 1.63. The van der Waals surface area contributed by atoms with Crippen LogP contribution in [0.1, 0.15) is 21.5 Å². The number of amides is 1. The van der Waals surface area contributed by atoms with Gasteiger partial charge in [-0.25, -0.2) is 0 Å². The maximum absolute atomic E-state index is 12.6. The number of hydrogen-bond acceptors (Lipinski definition) is 5. The van der Waals surface area contributed by atoms with E-state index in [-0.39, 0.29) is 17.3 Å². The smallest absolute Gasteiger partial charge is 0.292 e. The van der Waals surface area contributed by atoms with E-state index in [0.29, 0.717) is 18.7 Å². The monoisotopic (exact) mass is 354 g/mol. The molecule has 0 atom stereocenters. The number of aryl methyl sites for hydroxylation is 1.